The van der Waals surface area contributed by atoms with Crippen LogP contribution in [0.3, 0.4) is 0 Å². The maximum Gasteiger partial charge on any atom is 0.323 e. The van der Waals surface area contributed by atoms with Crippen molar-refractivity contribution in [1.82, 2.24) is 16.0 Å². The molecule has 0 aliphatic carbocycles. The highest BCUT2D eigenvalue weighted by molar-refractivity contribution is 5.81. The van der Waals surface area contributed by atoms with Crippen molar-refractivity contribution in [3.63, 3.8) is 0 Å². The Kier molecular flexibility index (Phi) is 6.01. The number of rotatable bonds is 5. The van der Waals surface area contributed by atoms with Gasteiger partial charge in [0.05, 0.1) is 0 Å². The number of aliphatic carboxylic acids is 1. The molecule has 0 bridgehead atoms. The Morgan fingerprint density at radius 2 is 1.71 bits per heavy atom. The van der Waals surface area contributed by atoms with Crippen LogP contribution in [0.5, 0.6) is 0 Å². The van der Waals surface area contributed by atoms with E-state index in [0.717, 1.165) is 0 Å². The van der Waals surface area contributed by atoms with Gasteiger partial charge in [-0.05, 0) is 20.8 Å². The van der Waals surface area contributed by atoms with E-state index < -0.39 is 18.5 Å². The van der Waals surface area contributed by atoms with Gasteiger partial charge < -0.3 is 21.1 Å². The molecule has 0 rings (SSSR count). The first kappa shape index (κ1) is 15.2. The number of carboxylic acid groups (broad SMARTS) is 1. The van der Waals surface area contributed by atoms with Crippen molar-refractivity contribution in [2.24, 2.45) is 0 Å². The van der Waals surface area contributed by atoms with Crippen molar-refractivity contribution < 1.29 is 19.5 Å². The summed E-state index contributed by atoms with van der Waals surface area (Å²) in [5.74, 6) is -1.29. The summed E-state index contributed by atoms with van der Waals surface area (Å²) >= 11 is 0. The van der Waals surface area contributed by atoms with Crippen molar-refractivity contribution in [2.45, 2.75) is 32.7 Å². The summed E-state index contributed by atoms with van der Waals surface area (Å²) in [7, 11) is 0. The van der Waals surface area contributed by atoms with Crippen LogP contribution in [0.25, 0.3) is 0 Å². The minimum absolute atomic E-state index is 0.151. The molecule has 0 aromatic carbocycles. The fourth-order valence-corrected chi connectivity index (χ4v) is 0.989. The van der Waals surface area contributed by atoms with E-state index in [2.05, 4.69) is 16.0 Å². The standard InChI is InChI=1S/C10H19N3O4/c1-10(2,3)13-7(14)4-5-11-9(17)12-6-8(15)16/h4-6H2,1-3H3,(H,13,14)(H,15,16)(H2,11,12,17). The van der Waals surface area contributed by atoms with Crippen LogP contribution in [0.2, 0.25) is 0 Å². The molecule has 98 valence electrons. The molecule has 17 heavy (non-hydrogen) atoms. The SMILES string of the molecule is CC(C)(C)NC(=O)CCNC(=O)NCC(=O)O. The minimum Gasteiger partial charge on any atom is -0.480 e. The average Bonchev–Trinajstić information content (AvgIpc) is 2.11. The Bertz CT molecular complexity index is 296. The van der Waals surface area contributed by atoms with Crippen LogP contribution < -0.4 is 16.0 Å². The fraction of sp³-hybridized carbons (Fsp3) is 0.700. The number of amides is 3. The van der Waals surface area contributed by atoms with Crippen LogP contribution >= 0.6 is 0 Å². The zero-order chi connectivity index (χ0) is 13.5. The maximum atomic E-state index is 11.3. The highest BCUT2D eigenvalue weighted by atomic mass is 16.4. The Morgan fingerprint density at radius 1 is 1.12 bits per heavy atom. The molecule has 0 unspecified atom stereocenters. The normalized spacial score (nSPS) is 10.5. The van der Waals surface area contributed by atoms with Gasteiger partial charge in [0.2, 0.25) is 5.91 Å². The quantitative estimate of drug-likeness (QED) is 0.532. The lowest BCUT2D eigenvalue weighted by Crippen LogP contribution is -2.43. The highest BCUT2D eigenvalue weighted by Crippen LogP contribution is 1.98. The van der Waals surface area contributed by atoms with Crippen molar-refractivity contribution in [3.8, 4) is 0 Å². The van der Waals surface area contributed by atoms with Gasteiger partial charge in [-0.25, -0.2) is 4.79 Å². The summed E-state index contributed by atoms with van der Waals surface area (Å²) in [6.45, 7) is 5.29. The Hall–Kier alpha value is -1.79. The van der Waals surface area contributed by atoms with E-state index >= 15 is 0 Å². The molecule has 0 saturated heterocycles. The second-order valence-electron chi connectivity index (χ2n) is 4.55. The lowest BCUT2D eigenvalue weighted by molar-refractivity contribution is -0.135. The maximum absolute atomic E-state index is 11.3. The first-order chi connectivity index (χ1) is 7.70. The zero-order valence-corrected chi connectivity index (χ0v) is 10.3. The number of carbonyl (C=O) groups is 3. The van der Waals surface area contributed by atoms with Crippen LogP contribution in [0.4, 0.5) is 4.79 Å². The molecule has 0 atom stereocenters. The molecule has 0 fully saturated rings. The fourth-order valence-electron chi connectivity index (χ4n) is 0.989. The smallest absolute Gasteiger partial charge is 0.323 e. The minimum atomic E-state index is -1.12. The van der Waals surface area contributed by atoms with Crippen LogP contribution in [-0.4, -0.2) is 41.6 Å². The van der Waals surface area contributed by atoms with Gasteiger partial charge in [0.1, 0.15) is 6.54 Å². The molecule has 0 saturated carbocycles. The van der Waals surface area contributed by atoms with Crippen molar-refractivity contribution in [2.75, 3.05) is 13.1 Å². The predicted molar refractivity (Wildman–Crippen MR) is 61.5 cm³/mol. The molecule has 7 heteroatoms. The number of urea groups is 1. The molecule has 0 aromatic heterocycles. The van der Waals surface area contributed by atoms with E-state index in [-0.39, 0.29) is 24.4 Å². The van der Waals surface area contributed by atoms with Crippen molar-refractivity contribution in [1.29, 1.82) is 0 Å². The summed E-state index contributed by atoms with van der Waals surface area (Å²) in [6, 6.07) is -0.601. The average molecular weight is 245 g/mol. The van der Waals surface area contributed by atoms with Gasteiger partial charge in [0, 0.05) is 18.5 Å². The van der Waals surface area contributed by atoms with Gasteiger partial charge in [-0.2, -0.15) is 0 Å². The monoisotopic (exact) mass is 245 g/mol. The molecule has 0 aliphatic rings. The number of hydrogen-bond donors (Lipinski definition) is 4. The second kappa shape index (κ2) is 6.72. The number of carbonyl (C=O) groups excluding carboxylic acids is 2. The third kappa shape index (κ3) is 10.5. The van der Waals surface area contributed by atoms with Crippen LogP contribution in [-0.2, 0) is 9.59 Å². The van der Waals surface area contributed by atoms with Gasteiger partial charge in [-0.1, -0.05) is 0 Å². The largest absolute Gasteiger partial charge is 0.480 e. The summed E-state index contributed by atoms with van der Waals surface area (Å²) in [4.78, 5) is 32.5. The number of hydrogen-bond acceptors (Lipinski definition) is 3. The first-order valence-electron chi connectivity index (χ1n) is 5.25. The van der Waals surface area contributed by atoms with E-state index in [1.54, 1.807) is 0 Å². The summed E-state index contributed by atoms with van der Waals surface area (Å²) in [5.41, 5.74) is -0.303. The molecule has 0 spiro atoms. The van der Waals surface area contributed by atoms with Gasteiger partial charge >= 0.3 is 12.0 Å². The molecule has 0 heterocycles. The predicted octanol–water partition coefficient (Wildman–Crippen LogP) is -0.325. The van der Waals surface area contributed by atoms with Crippen LogP contribution in [0.1, 0.15) is 27.2 Å². The van der Waals surface area contributed by atoms with Crippen LogP contribution in [0.15, 0.2) is 0 Å². The molecule has 4 N–H and O–H groups in total. The summed E-state index contributed by atoms with van der Waals surface area (Å²) in [5, 5.41) is 15.5. The third-order valence-electron chi connectivity index (χ3n) is 1.55. The van der Waals surface area contributed by atoms with E-state index in [4.69, 9.17) is 5.11 Å². The highest BCUT2D eigenvalue weighted by Gasteiger charge is 2.13. The molecule has 0 aliphatic heterocycles. The Balaban J connectivity index is 3.66. The van der Waals surface area contributed by atoms with E-state index in [9.17, 15) is 14.4 Å². The number of carboxylic acids is 1. The van der Waals surface area contributed by atoms with E-state index in [1.807, 2.05) is 20.8 Å². The van der Waals surface area contributed by atoms with Gasteiger partial charge in [0.15, 0.2) is 0 Å². The number of nitrogens with one attached hydrogen (secondary N) is 3. The molecule has 3 amide bonds. The van der Waals surface area contributed by atoms with Crippen molar-refractivity contribution >= 4 is 17.9 Å². The molecule has 0 aromatic rings. The second-order valence-corrected chi connectivity index (χ2v) is 4.55. The van der Waals surface area contributed by atoms with Crippen LogP contribution in [0, 0.1) is 0 Å². The lowest BCUT2D eigenvalue weighted by atomic mass is 10.1. The lowest BCUT2D eigenvalue weighted by Gasteiger charge is -2.20. The third-order valence-corrected chi connectivity index (χ3v) is 1.55. The Morgan fingerprint density at radius 3 is 2.18 bits per heavy atom. The van der Waals surface area contributed by atoms with Gasteiger partial charge in [-0.15, -0.1) is 0 Å². The van der Waals surface area contributed by atoms with Gasteiger partial charge in [-0.3, -0.25) is 9.59 Å². The summed E-state index contributed by atoms with van der Waals surface area (Å²) < 4.78 is 0. The zero-order valence-electron chi connectivity index (χ0n) is 10.3. The molecular formula is C10H19N3O4. The van der Waals surface area contributed by atoms with E-state index in [0.29, 0.717) is 0 Å². The van der Waals surface area contributed by atoms with Crippen molar-refractivity contribution in [3.05, 3.63) is 0 Å². The molecule has 7 nitrogen and oxygen atoms in total. The topological polar surface area (TPSA) is 108 Å². The Labute approximate surface area is 100.0 Å². The molecular weight excluding hydrogens is 226 g/mol. The van der Waals surface area contributed by atoms with E-state index in [1.165, 1.54) is 0 Å². The summed E-state index contributed by atoms with van der Waals surface area (Å²) in [6.07, 6.45) is 0.151. The van der Waals surface area contributed by atoms with Gasteiger partial charge in [0.25, 0.3) is 0 Å². The first-order valence-corrected chi connectivity index (χ1v) is 5.25. The molecule has 0 radical (unpaired) electrons.